The minimum atomic E-state index is -0.00339. The van der Waals surface area contributed by atoms with Crippen LogP contribution in [-0.2, 0) is 4.79 Å². The predicted molar refractivity (Wildman–Crippen MR) is 111 cm³/mol. The Hall–Kier alpha value is -3.34. The molecule has 1 aliphatic rings. The number of pyridine rings is 1. The van der Waals surface area contributed by atoms with Crippen molar-refractivity contribution in [2.75, 3.05) is 13.2 Å². The van der Waals surface area contributed by atoms with Gasteiger partial charge in [-0.3, -0.25) is 9.78 Å². The average Bonchev–Trinajstić information content (AvgIpc) is 3.25. The standard InChI is InChI=1S/C24H24N2O3/c1-18-6-8-21(9-7-18)29-22-12-10-20(11-13-22)28-17-24(27)26-15-3-5-23(26)19-4-2-14-25-16-19/h2,4,6-14,16,23H,3,5,15,17H2,1H3/t23-/m0/s1. The Kier molecular flexibility index (Phi) is 5.75. The number of carbonyl (C=O) groups is 1. The average molecular weight is 388 g/mol. The van der Waals surface area contributed by atoms with E-state index in [1.807, 2.05) is 78.7 Å². The van der Waals surface area contributed by atoms with E-state index in [9.17, 15) is 4.79 Å². The highest BCUT2D eigenvalue weighted by Crippen LogP contribution is 2.31. The number of hydrogen-bond acceptors (Lipinski definition) is 4. The van der Waals surface area contributed by atoms with Gasteiger partial charge in [0.1, 0.15) is 17.2 Å². The fourth-order valence-electron chi connectivity index (χ4n) is 3.56. The van der Waals surface area contributed by atoms with Crippen molar-refractivity contribution in [2.45, 2.75) is 25.8 Å². The zero-order valence-electron chi connectivity index (χ0n) is 16.5. The van der Waals surface area contributed by atoms with Gasteiger partial charge in [-0.05, 0) is 67.8 Å². The first-order valence-corrected chi connectivity index (χ1v) is 9.86. The maximum atomic E-state index is 12.7. The fourth-order valence-corrected chi connectivity index (χ4v) is 3.56. The molecule has 29 heavy (non-hydrogen) atoms. The number of amides is 1. The largest absolute Gasteiger partial charge is 0.484 e. The Morgan fingerprint density at radius 1 is 1.03 bits per heavy atom. The van der Waals surface area contributed by atoms with Crippen LogP contribution in [0.2, 0.25) is 0 Å². The summed E-state index contributed by atoms with van der Waals surface area (Å²) in [5.74, 6) is 2.15. The molecule has 0 radical (unpaired) electrons. The summed E-state index contributed by atoms with van der Waals surface area (Å²) in [6.45, 7) is 2.82. The van der Waals surface area contributed by atoms with Crippen LogP contribution in [-0.4, -0.2) is 28.9 Å². The molecule has 148 valence electrons. The van der Waals surface area contributed by atoms with Gasteiger partial charge in [-0.25, -0.2) is 0 Å². The second kappa shape index (κ2) is 8.78. The first kappa shape index (κ1) is 19.0. The molecular formula is C24H24N2O3. The fraction of sp³-hybridized carbons (Fsp3) is 0.250. The van der Waals surface area contributed by atoms with Crippen molar-refractivity contribution in [1.82, 2.24) is 9.88 Å². The van der Waals surface area contributed by atoms with Crippen molar-refractivity contribution in [1.29, 1.82) is 0 Å². The molecular weight excluding hydrogens is 364 g/mol. The Balaban J connectivity index is 1.32. The van der Waals surface area contributed by atoms with E-state index in [1.54, 1.807) is 6.20 Å². The summed E-state index contributed by atoms with van der Waals surface area (Å²) in [5, 5.41) is 0. The summed E-state index contributed by atoms with van der Waals surface area (Å²) in [7, 11) is 0. The summed E-state index contributed by atoms with van der Waals surface area (Å²) in [6, 6.07) is 19.2. The van der Waals surface area contributed by atoms with Crippen molar-refractivity contribution in [3.05, 3.63) is 84.2 Å². The van der Waals surface area contributed by atoms with Gasteiger partial charge in [-0.2, -0.15) is 0 Å². The minimum absolute atomic E-state index is 0.00339. The van der Waals surface area contributed by atoms with Crippen LogP contribution in [0.5, 0.6) is 17.2 Å². The van der Waals surface area contributed by atoms with Crippen LogP contribution in [0.3, 0.4) is 0 Å². The number of hydrogen-bond donors (Lipinski definition) is 0. The first-order valence-electron chi connectivity index (χ1n) is 9.86. The topological polar surface area (TPSA) is 51.7 Å². The van der Waals surface area contributed by atoms with E-state index in [2.05, 4.69) is 4.98 Å². The van der Waals surface area contributed by atoms with Crippen molar-refractivity contribution in [2.24, 2.45) is 0 Å². The van der Waals surface area contributed by atoms with Gasteiger partial charge in [-0.15, -0.1) is 0 Å². The van der Waals surface area contributed by atoms with Gasteiger partial charge in [0.2, 0.25) is 0 Å². The number of benzene rings is 2. The monoisotopic (exact) mass is 388 g/mol. The SMILES string of the molecule is Cc1ccc(Oc2ccc(OCC(=O)N3CCC[C@H]3c3cccnc3)cc2)cc1. The van der Waals surface area contributed by atoms with Gasteiger partial charge >= 0.3 is 0 Å². The molecule has 1 aliphatic heterocycles. The number of carbonyl (C=O) groups excluding carboxylic acids is 1. The molecule has 3 aromatic rings. The first-order chi connectivity index (χ1) is 14.2. The normalized spacial score (nSPS) is 15.9. The molecule has 1 saturated heterocycles. The second-order valence-electron chi connectivity index (χ2n) is 7.21. The maximum Gasteiger partial charge on any atom is 0.261 e. The second-order valence-corrected chi connectivity index (χ2v) is 7.21. The number of ether oxygens (including phenoxy) is 2. The van der Waals surface area contributed by atoms with Crippen LogP contribution in [0.15, 0.2) is 73.1 Å². The highest BCUT2D eigenvalue weighted by molar-refractivity contribution is 5.78. The smallest absolute Gasteiger partial charge is 0.261 e. The molecule has 1 atom stereocenters. The zero-order chi connectivity index (χ0) is 20.1. The Bertz CT molecular complexity index is 940. The lowest BCUT2D eigenvalue weighted by Crippen LogP contribution is -2.34. The van der Waals surface area contributed by atoms with Gasteiger partial charge in [0.05, 0.1) is 6.04 Å². The minimum Gasteiger partial charge on any atom is -0.484 e. The highest BCUT2D eigenvalue weighted by atomic mass is 16.5. The van der Waals surface area contributed by atoms with Crippen LogP contribution in [0.1, 0.15) is 30.0 Å². The molecule has 1 amide bonds. The number of likely N-dealkylation sites (tertiary alicyclic amines) is 1. The summed E-state index contributed by atoms with van der Waals surface area (Å²) < 4.78 is 11.5. The van der Waals surface area contributed by atoms with E-state index in [-0.39, 0.29) is 18.6 Å². The molecule has 0 bridgehead atoms. The van der Waals surface area contributed by atoms with Crippen molar-refractivity contribution < 1.29 is 14.3 Å². The number of aromatic nitrogens is 1. The van der Waals surface area contributed by atoms with E-state index in [4.69, 9.17) is 9.47 Å². The van der Waals surface area contributed by atoms with Crippen molar-refractivity contribution in [3.8, 4) is 17.2 Å². The Morgan fingerprint density at radius 3 is 2.41 bits per heavy atom. The van der Waals surface area contributed by atoms with E-state index in [0.717, 1.165) is 36.4 Å². The molecule has 0 saturated carbocycles. The Morgan fingerprint density at radius 2 is 1.72 bits per heavy atom. The van der Waals surface area contributed by atoms with E-state index in [0.29, 0.717) is 5.75 Å². The molecule has 5 nitrogen and oxygen atoms in total. The van der Waals surface area contributed by atoms with Gasteiger partial charge in [-0.1, -0.05) is 23.8 Å². The highest BCUT2D eigenvalue weighted by Gasteiger charge is 2.30. The van der Waals surface area contributed by atoms with Crippen molar-refractivity contribution in [3.63, 3.8) is 0 Å². The lowest BCUT2D eigenvalue weighted by Gasteiger charge is -2.24. The molecule has 0 aliphatic carbocycles. The molecule has 5 heteroatoms. The van der Waals surface area contributed by atoms with Crippen molar-refractivity contribution >= 4 is 5.91 Å². The molecule has 0 unspecified atom stereocenters. The molecule has 1 aromatic heterocycles. The summed E-state index contributed by atoms with van der Waals surface area (Å²) in [5.41, 5.74) is 2.27. The molecule has 0 N–H and O–H groups in total. The number of nitrogens with zero attached hydrogens (tertiary/aromatic N) is 2. The Labute approximate surface area is 170 Å². The molecule has 0 spiro atoms. The van der Waals surface area contributed by atoms with E-state index in [1.165, 1.54) is 5.56 Å². The number of rotatable bonds is 6. The van der Waals surface area contributed by atoms with Crippen LogP contribution < -0.4 is 9.47 Å². The summed E-state index contributed by atoms with van der Waals surface area (Å²) in [6.07, 6.45) is 5.54. The third-order valence-corrected chi connectivity index (χ3v) is 5.09. The molecule has 1 fully saturated rings. The lowest BCUT2D eigenvalue weighted by atomic mass is 10.1. The predicted octanol–water partition coefficient (Wildman–Crippen LogP) is 4.92. The van der Waals surface area contributed by atoms with Gasteiger partial charge in [0.25, 0.3) is 5.91 Å². The lowest BCUT2D eigenvalue weighted by molar-refractivity contribution is -0.134. The van der Waals surface area contributed by atoms with Crippen LogP contribution in [0.25, 0.3) is 0 Å². The van der Waals surface area contributed by atoms with Crippen LogP contribution in [0, 0.1) is 6.92 Å². The third-order valence-electron chi connectivity index (χ3n) is 5.09. The maximum absolute atomic E-state index is 12.7. The zero-order valence-corrected chi connectivity index (χ0v) is 16.5. The van der Waals surface area contributed by atoms with Gasteiger partial charge in [0, 0.05) is 18.9 Å². The third kappa shape index (κ3) is 4.74. The molecule has 2 heterocycles. The van der Waals surface area contributed by atoms with Gasteiger partial charge < -0.3 is 14.4 Å². The number of aryl methyl sites for hydroxylation is 1. The molecule has 4 rings (SSSR count). The van der Waals surface area contributed by atoms with Crippen LogP contribution >= 0.6 is 0 Å². The molecule has 2 aromatic carbocycles. The van der Waals surface area contributed by atoms with E-state index < -0.39 is 0 Å². The summed E-state index contributed by atoms with van der Waals surface area (Å²) in [4.78, 5) is 18.8. The quantitative estimate of drug-likeness (QED) is 0.601. The van der Waals surface area contributed by atoms with E-state index >= 15 is 0 Å². The van der Waals surface area contributed by atoms with Gasteiger partial charge in [0.15, 0.2) is 6.61 Å². The van der Waals surface area contributed by atoms with Crippen LogP contribution in [0.4, 0.5) is 0 Å². The summed E-state index contributed by atoms with van der Waals surface area (Å²) >= 11 is 0.